The van der Waals surface area contributed by atoms with Crippen molar-refractivity contribution in [1.82, 2.24) is 9.80 Å². The Kier molecular flexibility index (Phi) is 4.68. The number of rotatable bonds is 3. The van der Waals surface area contributed by atoms with Gasteiger partial charge in [0.25, 0.3) is 0 Å². The SMILES string of the molecule is CN1CCN(Cc2c(O)ccc3c2OC(=Cc2ccccc2F)C3=O)CC1. The number of hydrogen-bond donors (Lipinski definition) is 1. The van der Waals surface area contributed by atoms with E-state index in [0.29, 0.717) is 29.0 Å². The Bertz CT molecular complexity index is 918. The number of aromatic hydroxyl groups is 1. The molecule has 0 bridgehead atoms. The highest BCUT2D eigenvalue weighted by atomic mass is 19.1. The molecule has 0 spiro atoms. The lowest BCUT2D eigenvalue weighted by Crippen LogP contribution is -2.43. The van der Waals surface area contributed by atoms with Crippen molar-refractivity contribution >= 4 is 11.9 Å². The number of nitrogens with zero attached hydrogens (tertiary/aromatic N) is 2. The molecule has 0 aliphatic carbocycles. The average molecular weight is 368 g/mol. The van der Waals surface area contributed by atoms with E-state index in [1.165, 1.54) is 18.2 Å². The van der Waals surface area contributed by atoms with Gasteiger partial charge in [0.2, 0.25) is 5.78 Å². The van der Waals surface area contributed by atoms with Crippen molar-refractivity contribution in [3.8, 4) is 11.5 Å². The Labute approximate surface area is 157 Å². The van der Waals surface area contributed by atoms with Gasteiger partial charge in [-0.3, -0.25) is 9.69 Å². The minimum atomic E-state index is -0.419. The summed E-state index contributed by atoms with van der Waals surface area (Å²) in [4.78, 5) is 17.2. The Morgan fingerprint density at radius 1 is 1.15 bits per heavy atom. The van der Waals surface area contributed by atoms with Gasteiger partial charge >= 0.3 is 0 Å². The van der Waals surface area contributed by atoms with Crippen molar-refractivity contribution in [3.63, 3.8) is 0 Å². The number of piperazine rings is 1. The van der Waals surface area contributed by atoms with Gasteiger partial charge in [0.05, 0.1) is 11.1 Å². The number of hydrogen-bond acceptors (Lipinski definition) is 5. The lowest BCUT2D eigenvalue weighted by Gasteiger charge is -2.32. The van der Waals surface area contributed by atoms with E-state index in [1.54, 1.807) is 24.3 Å². The number of Topliss-reactive ketones (excluding diaryl/α,β-unsaturated/α-hetero) is 1. The lowest BCUT2D eigenvalue weighted by atomic mass is 10.0. The van der Waals surface area contributed by atoms with Crippen LogP contribution in [0.25, 0.3) is 6.08 Å². The molecule has 2 aromatic carbocycles. The highest BCUT2D eigenvalue weighted by Crippen LogP contribution is 2.40. The van der Waals surface area contributed by atoms with Crippen LogP contribution in [0.4, 0.5) is 4.39 Å². The molecular formula is C21H21FN2O3. The number of carbonyl (C=O) groups excluding carboxylic acids is 1. The first-order chi connectivity index (χ1) is 13.0. The van der Waals surface area contributed by atoms with Crippen molar-refractivity contribution in [2.45, 2.75) is 6.54 Å². The van der Waals surface area contributed by atoms with Gasteiger partial charge in [-0.25, -0.2) is 4.39 Å². The molecule has 2 aromatic rings. The minimum Gasteiger partial charge on any atom is -0.507 e. The van der Waals surface area contributed by atoms with Crippen LogP contribution < -0.4 is 4.74 Å². The van der Waals surface area contributed by atoms with Gasteiger partial charge in [0.1, 0.15) is 17.3 Å². The van der Waals surface area contributed by atoms with Crippen LogP contribution in [0, 0.1) is 5.82 Å². The van der Waals surface area contributed by atoms with Gasteiger partial charge in [0.15, 0.2) is 5.76 Å². The van der Waals surface area contributed by atoms with Crippen LogP contribution in [0.1, 0.15) is 21.5 Å². The van der Waals surface area contributed by atoms with Gasteiger partial charge in [-0.1, -0.05) is 18.2 Å². The van der Waals surface area contributed by atoms with E-state index >= 15 is 0 Å². The second-order valence-corrected chi connectivity index (χ2v) is 6.98. The molecule has 1 N–H and O–H groups in total. The largest absolute Gasteiger partial charge is 0.507 e. The van der Waals surface area contributed by atoms with Crippen molar-refractivity contribution in [2.24, 2.45) is 0 Å². The van der Waals surface area contributed by atoms with Gasteiger partial charge < -0.3 is 14.7 Å². The third kappa shape index (κ3) is 3.46. The number of ketones is 1. The standard InChI is InChI=1S/C21H21FN2O3/c1-23-8-10-24(11-9-23)13-16-18(25)7-6-15-20(26)19(27-21(15)16)12-14-4-2-3-5-17(14)22/h2-7,12,25H,8-11,13H2,1H3. The van der Waals surface area contributed by atoms with Crippen LogP contribution in [0.3, 0.4) is 0 Å². The summed E-state index contributed by atoms with van der Waals surface area (Å²) in [6.45, 7) is 4.17. The summed E-state index contributed by atoms with van der Waals surface area (Å²) in [5, 5.41) is 10.4. The van der Waals surface area contributed by atoms with E-state index in [0.717, 1.165) is 26.2 Å². The number of halogens is 1. The third-order valence-electron chi connectivity index (χ3n) is 5.09. The zero-order valence-corrected chi connectivity index (χ0v) is 15.1. The minimum absolute atomic E-state index is 0.0697. The Balaban J connectivity index is 1.64. The highest BCUT2D eigenvalue weighted by molar-refractivity contribution is 6.15. The summed E-state index contributed by atoms with van der Waals surface area (Å²) < 4.78 is 19.7. The van der Waals surface area contributed by atoms with Crippen LogP contribution >= 0.6 is 0 Å². The monoisotopic (exact) mass is 368 g/mol. The normalized spacial score (nSPS) is 19.3. The maximum absolute atomic E-state index is 13.9. The van der Waals surface area contributed by atoms with Crippen LogP contribution in [0.5, 0.6) is 11.5 Å². The second-order valence-electron chi connectivity index (χ2n) is 6.98. The summed E-state index contributed by atoms with van der Waals surface area (Å²) in [7, 11) is 2.08. The second kappa shape index (κ2) is 7.13. The number of phenolic OH excluding ortho intramolecular Hbond substituents is 1. The van der Waals surface area contributed by atoms with E-state index in [1.807, 2.05) is 0 Å². The molecule has 0 aromatic heterocycles. The smallest absolute Gasteiger partial charge is 0.231 e. The van der Waals surface area contributed by atoms with Gasteiger partial charge in [-0.15, -0.1) is 0 Å². The molecule has 2 aliphatic heterocycles. The number of fused-ring (bicyclic) bond motifs is 1. The van der Waals surface area contributed by atoms with Crippen LogP contribution in [-0.2, 0) is 6.54 Å². The molecule has 0 radical (unpaired) electrons. The Morgan fingerprint density at radius 3 is 2.63 bits per heavy atom. The number of likely N-dealkylation sites (N-methyl/N-ethyl adjacent to an activating group) is 1. The highest BCUT2D eigenvalue weighted by Gasteiger charge is 2.32. The Morgan fingerprint density at radius 2 is 1.89 bits per heavy atom. The topological polar surface area (TPSA) is 53.0 Å². The first-order valence-electron chi connectivity index (χ1n) is 8.97. The third-order valence-corrected chi connectivity index (χ3v) is 5.09. The zero-order valence-electron chi connectivity index (χ0n) is 15.1. The maximum Gasteiger partial charge on any atom is 0.231 e. The average Bonchev–Trinajstić information content (AvgIpc) is 2.97. The predicted octanol–water partition coefficient (Wildman–Crippen LogP) is 2.89. The van der Waals surface area contributed by atoms with Gasteiger partial charge in [0, 0.05) is 38.3 Å². The molecule has 0 unspecified atom stereocenters. The predicted molar refractivity (Wildman–Crippen MR) is 100 cm³/mol. The Hall–Kier alpha value is -2.70. The fourth-order valence-corrected chi connectivity index (χ4v) is 3.41. The summed E-state index contributed by atoms with van der Waals surface area (Å²) in [5.74, 6) is -0.166. The van der Waals surface area contributed by atoms with Crippen molar-refractivity contribution in [3.05, 3.63) is 64.7 Å². The summed E-state index contributed by atoms with van der Waals surface area (Å²) in [5.41, 5.74) is 1.29. The number of allylic oxidation sites excluding steroid dienone is 1. The molecule has 1 fully saturated rings. The van der Waals surface area contributed by atoms with Crippen LogP contribution in [0.15, 0.2) is 42.2 Å². The van der Waals surface area contributed by atoms with Crippen LogP contribution in [0.2, 0.25) is 0 Å². The first-order valence-corrected chi connectivity index (χ1v) is 8.97. The molecule has 4 rings (SSSR count). The lowest BCUT2D eigenvalue weighted by molar-refractivity contribution is 0.101. The van der Waals surface area contributed by atoms with Crippen molar-refractivity contribution < 1.29 is 19.0 Å². The number of phenols is 1. The molecule has 6 heteroatoms. The molecule has 0 atom stereocenters. The summed E-state index contributed by atoms with van der Waals surface area (Å²) in [6, 6.07) is 9.30. The number of ether oxygens (including phenoxy) is 1. The molecule has 0 saturated carbocycles. The molecule has 140 valence electrons. The molecule has 5 nitrogen and oxygen atoms in total. The molecule has 2 aliphatic rings. The maximum atomic E-state index is 13.9. The fraction of sp³-hybridized carbons (Fsp3) is 0.286. The fourth-order valence-electron chi connectivity index (χ4n) is 3.41. The number of carbonyl (C=O) groups is 1. The molecule has 1 saturated heterocycles. The van der Waals surface area contributed by atoms with E-state index in [2.05, 4.69) is 16.8 Å². The first kappa shape index (κ1) is 17.7. The molecule has 0 amide bonds. The van der Waals surface area contributed by atoms with Gasteiger partial charge in [-0.2, -0.15) is 0 Å². The van der Waals surface area contributed by atoms with E-state index in [9.17, 15) is 14.3 Å². The number of benzene rings is 2. The molecular weight excluding hydrogens is 347 g/mol. The summed E-state index contributed by atoms with van der Waals surface area (Å²) >= 11 is 0. The van der Waals surface area contributed by atoms with Crippen molar-refractivity contribution in [2.75, 3.05) is 33.2 Å². The van der Waals surface area contributed by atoms with Crippen LogP contribution in [-0.4, -0.2) is 53.9 Å². The van der Waals surface area contributed by atoms with E-state index < -0.39 is 5.82 Å². The quantitative estimate of drug-likeness (QED) is 0.845. The molecule has 2 heterocycles. The zero-order chi connectivity index (χ0) is 19.0. The molecule has 27 heavy (non-hydrogen) atoms. The summed E-state index contributed by atoms with van der Waals surface area (Å²) in [6.07, 6.45) is 1.41. The van der Waals surface area contributed by atoms with Crippen molar-refractivity contribution in [1.29, 1.82) is 0 Å². The van der Waals surface area contributed by atoms with E-state index in [4.69, 9.17) is 4.74 Å². The van der Waals surface area contributed by atoms with Gasteiger partial charge in [-0.05, 0) is 31.3 Å². The van der Waals surface area contributed by atoms with E-state index in [-0.39, 0.29) is 17.3 Å².